The molecule has 5 heteroatoms. The van der Waals surface area contributed by atoms with Crippen molar-refractivity contribution in [2.24, 2.45) is 0 Å². The molecule has 0 saturated carbocycles. The Labute approximate surface area is 213 Å². The van der Waals surface area contributed by atoms with Gasteiger partial charge < -0.3 is 8.85 Å². The quantitative estimate of drug-likeness (QED) is 0.242. The molecule has 0 radical (unpaired) electrons. The predicted octanol–water partition coefficient (Wildman–Crippen LogP) is 9.66. The fourth-order valence-corrected chi connectivity index (χ4v) is 5.09. The second kappa shape index (κ2) is 10.7. The summed E-state index contributed by atoms with van der Waals surface area (Å²) in [6, 6.07) is 15.0. The Morgan fingerprint density at radius 1 is 0.697 bits per heavy atom. The van der Waals surface area contributed by atoms with Crippen LogP contribution < -0.4 is 0 Å². The molecule has 0 aliphatic rings. The molecule has 2 rings (SSSR count). The molecule has 2 aromatic rings. The molecular weight excluding hydrogens is 504 g/mol. The first-order chi connectivity index (χ1) is 15.0. The van der Waals surface area contributed by atoms with Crippen LogP contribution >= 0.6 is 15.9 Å². The fourth-order valence-electron chi connectivity index (χ4n) is 2.78. The summed E-state index contributed by atoms with van der Waals surface area (Å²) in [4.78, 5) is 0. The van der Waals surface area contributed by atoms with Gasteiger partial charge in [-0.1, -0.05) is 93.9 Å². The van der Waals surface area contributed by atoms with Crippen LogP contribution in [0.5, 0.6) is 0 Å². The van der Waals surface area contributed by atoms with Crippen LogP contribution in [-0.2, 0) is 22.1 Å². The zero-order valence-electron chi connectivity index (χ0n) is 22.3. The van der Waals surface area contributed by atoms with Crippen LogP contribution in [0.2, 0.25) is 36.3 Å². The molecule has 2 aromatic carbocycles. The van der Waals surface area contributed by atoms with E-state index in [1.54, 1.807) is 0 Å². The summed E-state index contributed by atoms with van der Waals surface area (Å²) < 4.78 is 14.3. The first kappa shape index (κ1) is 28.3. The molecule has 0 amide bonds. The minimum Gasteiger partial charge on any atom is -0.413 e. The molecule has 0 heterocycles. The maximum Gasteiger partial charge on any atom is 0.192 e. The van der Waals surface area contributed by atoms with E-state index in [0.29, 0.717) is 13.2 Å². The van der Waals surface area contributed by atoms with Crippen molar-refractivity contribution >= 4 is 44.7 Å². The second-order valence-electron chi connectivity index (χ2n) is 12.0. The predicted molar refractivity (Wildman–Crippen MR) is 153 cm³/mol. The highest BCUT2D eigenvalue weighted by atomic mass is 79.9. The number of hydrogen-bond acceptors (Lipinski definition) is 2. The minimum atomic E-state index is -1.85. The lowest BCUT2D eigenvalue weighted by atomic mass is 10.0. The number of halogens is 1. The van der Waals surface area contributed by atoms with Crippen LogP contribution in [0.15, 0.2) is 46.9 Å². The molecule has 0 bridgehead atoms. The standard InChI is InChI=1S/C28H43BrO2Si2/c1-27(2,3)32(7,8)30-20-24-17-16-23(15-14-22-12-11-13-26(29)19-22)18-25(24)21-31-33(9,10)28(4,5)6/h11-19H,20-21H2,1-10H3. The lowest BCUT2D eigenvalue weighted by Crippen LogP contribution is -2.41. The first-order valence-corrected chi connectivity index (χ1v) is 18.5. The van der Waals surface area contributed by atoms with Crippen molar-refractivity contribution in [3.8, 4) is 0 Å². The van der Waals surface area contributed by atoms with E-state index < -0.39 is 16.6 Å². The fraction of sp³-hybridized carbons (Fsp3) is 0.500. The van der Waals surface area contributed by atoms with Gasteiger partial charge in [0.25, 0.3) is 0 Å². The summed E-state index contributed by atoms with van der Waals surface area (Å²) in [6.45, 7) is 24.3. The van der Waals surface area contributed by atoms with E-state index in [1.807, 2.05) is 6.07 Å². The van der Waals surface area contributed by atoms with Gasteiger partial charge in [-0.15, -0.1) is 0 Å². The molecule has 33 heavy (non-hydrogen) atoms. The van der Waals surface area contributed by atoms with Crippen LogP contribution in [0.1, 0.15) is 63.8 Å². The molecule has 0 aromatic heterocycles. The van der Waals surface area contributed by atoms with Gasteiger partial charge in [0.15, 0.2) is 16.6 Å². The molecular formula is C28H43BrO2Si2. The third kappa shape index (κ3) is 8.03. The van der Waals surface area contributed by atoms with Gasteiger partial charge in [-0.2, -0.15) is 0 Å². The monoisotopic (exact) mass is 546 g/mol. The maximum atomic E-state index is 6.62. The molecule has 0 fully saturated rings. The van der Waals surface area contributed by atoms with Crippen molar-refractivity contribution in [1.82, 2.24) is 0 Å². The van der Waals surface area contributed by atoms with Crippen molar-refractivity contribution in [2.45, 2.75) is 91.0 Å². The molecule has 0 aliphatic heterocycles. The summed E-state index contributed by atoms with van der Waals surface area (Å²) in [6.07, 6.45) is 4.33. The Morgan fingerprint density at radius 3 is 1.67 bits per heavy atom. The summed E-state index contributed by atoms with van der Waals surface area (Å²) in [5, 5.41) is 0.375. The topological polar surface area (TPSA) is 18.5 Å². The van der Waals surface area contributed by atoms with Crippen LogP contribution in [0.3, 0.4) is 0 Å². The van der Waals surface area contributed by atoms with Crippen molar-refractivity contribution in [3.63, 3.8) is 0 Å². The van der Waals surface area contributed by atoms with E-state index >= 15 is 0 Å². The minimum absolute atomic E-state index is 0.184. The van der Waals surface area contributed by atoms with E-state index in [4.69, 9.17) is 8.85 Å². The summed E-state index contributed by atoms with van der Waals surface area (Å²) in [7, 11) is -3.68. The summed E-state index contributed by atoms with van der Waals surface area (Å²) >= 11 is 3.55. The van der Waals surface area contributed by atoms with Crippen molar-refractivity contribution in [3.05, 3.63) is 69.2 Å². The van der Waals surface area contributed by atoms with Crippen LogP contribution in [0.4, 0.5) is 0 Å². The maximum absolute atomic E-state index is 6.62. The Bertz CT molecular complexity index is 967. The smallest absolute Gasteiger partial charge is 0.192 e. The highest BCUT2D eigenvalue weighted by Crippen LogP contribution is 2.39. The van der Waals surface area contributed by atoms with Crippen LogP contribution in [0.25, 0.3) is 12.2 Å². The lowest BCUT2D eigenvalue weighted by molar-refractivity contribution is 0.257. The molecule has 0 atom stereocenters. The molecule has 0 saturated heterocycles. The molecule has 0 spiro atoms. The van der Waals surface area contributed by atoms with Gasteiger partial charge in [-0.3, -0.25) is 0 Å². The third-order valence-electron chi connectivity index (χ3n) is 7.34. The largest absolute Gasteiger partial charge is 0.413 e. The van der Waals surface area contributed by atoms with Crippen LogP contribution in [0, 0.1) is 0 Å². The number of rotatable bonds is 8. The Kier molecular flexibility index (Phi) is 9.19. The molecule has 0 N–H and O–H groups in total. The van der Waals surface area contributed by atoms with Gasteiger partial charge in [-0.25, -0.2) is 0 Å². The molecule has 0 aliphatic carbocycles. The van der Waals surface area contributed by atoms with Gasteiger partial charge in [-0.05, 0) is 76.7 Å². The number of benzene rings is 2. The average molecular weight is 548 g/mol. The Hall–Kier alpha value is -0.986. The van der Waals surface area contributed by atoms with Crippen molar-refractivity contribution < 1.29 is 8.85 Å². The van der Waals surface area contributed by atoms with E-state index in [1.165, 1.54) is 22.3 Å². The zero-order valence-corrected chi connectivity index (χ0v) is 25.9. The van der Waals surface area contributed by atoms with Crippen LogP contribution in [-0.4, -0.2) is 16.6 Å². The molecule has 182 valence electrons. The Morgan fingerprint density at radius 2 is 1.18 bits per heavy atom. The van der Waals surface area contributed by atoms with Gasteiger partial charge in [0.1, 0.15) is 0 Å². The van der Waals surface area contributed by atoms with E-state index in [9.17, 15) is 0 Å². The third-order valence-corrected chi connectivity index (χ3v) is 16.8. The van der Waals surface area contributed by atoms with Gasteiger partial charge in [0.05, 0.1) is 13.2 Å². The van der Waals surface area contributed by atoms with E-state index in [-0.39, 0.29) is 10.1 Å². The van der Waals surface area contributed by atoms with Gasteiger partial charge in [0.2, 0.25) is 0 Å². The van der Waals surface area contributed by atoms with E-state index in [0.717, 1.165) is 4.47 Å². The SMILES string of the molecule is CC(C)(C)[Si](C)(C)OCc1ccc(C=Cc2cccc(Br)c2)cc1CO[Si](C)(C)C(C)(C)C. The van der Waals surface area contributed by atoms with Crippen molar-refractivity contribution in [1.29, 1.82) is 0 Å². The summed E-state index contributed by atoms with van der Waals surface area (Å²) in [5.41, 5.74) is 4.82. The Balaban J connectivity index is 2.32. The molecule has 0 unspecified atom stereocenters. The lowest BCUT2D eigenvalue weighted by Gasteiger charge is -2.37. The van der Waals surface area contributed by atoms with Gasteiger partial charge >= 0.3 is 0 Å². The number of hydrogen-bond donors (Lipinski definition) is 0. The highest BCUT2D eigenvalue weighted by molar-refractivity contribution is 9.10. The average Bonchev–Trinajstić information content (AvgIpc) is 2.68. The van der Waals surface area contributed by atoms with E-state index in [2.05, 4.69) is 132 Å². The summed E-state index contributed by atoms with van der Waals surface area (Å²) in [5.74, 6) is 0. The highest BCUT2D eigenvalue weighted by Gasteiger charge is 2.38. The molecule has 2 nitrogen and oxygen atoms in total. The normalized spacial score (nSPS) is 13.7. The zero-order chi connectivity index (χ0) is 25.1. The van der Waals surface area contributed by atoms with Gasteiger partial charge in [0, 0.05) is 4.47 Å². The second-order valence-corrected chi connectivity index (χ2v) is 22.5. The van der Waals surface area contributed by atoms with Crippen molar-refractivity contribution in [2.75, 3.05) is 0 Å². The first-order valence-electron chi connectivity index (χ1n) is 11.9.